The zero-order valence-electron chi connectivity index (χ0n) is 9.08. The lowest BCUT2D eigenvalue weighted by molar-refractivity contribution is 0.285. The van der Waals surface area contributed by atoms with E-state index >= 15 is 0 Å². The van der Waals surface area contributed by atoms with Crippen LogP contribution in [0, 0.1) is 6.92 Å². The third kappa shape index (κ3) is 1.57. The predicted molar refractivity (Wildman–Crippen MR) is 56.9 cm³/mol. The van der Waals surface area contributed by atoms with Crippen LogP contribution in [0.3, 0.4) is 0 Å². The molecule has 0 unspecified atom stereocenters. The quantitative estimate of drug-likeness (QED) is 0.739. The molecule has 1 aliphatic rings. The molecule has 1 aliphatic carbocycles. The van der Waals surface area contributed by atoms with Gasteiger partial charge in [-0.3, -0.25) is 4.68 Å². The Morgan fingerprint density at radius 2 is 2.00 bits per heavy atom. The predicted octanol–water partition coefficient (Wildman–Crippen LogP) is 1.85. The highest BCUT2D eigenvalue weighted by molar-refractivity contribution is 5.19. The fraction of sp³-hybridized carbons (Fsp3) is 0.727. The molecule has 0 saturated heterocycles. The van der Waals surface area contributed by atoms with Gasteiger partial charge in [0.2, 0.25) is 0 Å². The van der Waals surface area contributed by atoms with Crippen LogP contribution in [0.2, 0.25) is 0 Å². The Hall–Kier alpha value is -0.830. The summed E-state index contributed by atoms with van der Waals surface area (Å²) in [6, 6.07) is 2.13. The van der Waals surface area contributed by atoms with Crippen molar-refractivity contribution in [1.29, 1.82) is 0 Å². The van der Waals surface area contributed by atoms with Gasteiger partial charge < -0.3 is 5.73 Å². The van der Waals surface area contributed by atoms with Gasteiger partial charge in [-0.25, -0.2) is 0 Å². The van der Waals surface area contributed by atoms with E-state index in [1.807, 2.05) is 18.7 Å². The lowest BCUT2D eigenvalue weighted by Crippen LogP contribution is -2.40. The Kier molecular flexibility index (Phi) is 2.35. The molecule has 2 N–H and O–H groups in total. The topological polar surface area (TPSA) is 43.8 Å². The van der Waals surface area contributed by atoms with E-state index in [2.05, 4.69) is 11.2 Å². The van der Waals surface area contributed by atoms with Gasteiger partial charge in [0, 0.05) is 7.05 Å². The van der Waals surface area contributed by atoms with E-state index in [4.69, 9.17) is 5.73 Å². The van der Waals surface area contributed by atoms with E-state index < -0.39 is 0 Å². The van der Waals surface area contributed by atoms with E-state index in [1.165, 1.54) is 25.0 Å². The molecule has 0 radical (unpaired) electrons. The van der Waals surface area contributed by atoms with Crippen molar-refractivity contribution < 1.29 is 0 Å². The Morgan fingerprint density at radius 1 is 1.36 bits per heavy atom. The van der Waals surface area contributed by atoms with Gasteiger partial charge in [0.25, 0.3) is 0 Å². The third-order valence-electron chi connectivity index (χ3n) is 3.26. The lowest BCUT2D eigenvalue weighted by Gasteiger charge is -2.33. The van der Waals surface area contributed by atoms with Crippen molar-refractivity contribution in [2.24, 2.45) is 12.8 Å². The van der Waals surface area contributed by atoms with Gasteiger partial charge in [0.1, 0.15) is 0 Å². The van der Waals surface area contributed by atoms with E-state index in [1.54, 1.807) is 0 Å². The van der Waals surface area contributed by atoms with Crippen LogP contribution in [0.25, 0.3) is 0 Å². The van der Waals surface area contributed by atoms with Gasteiger partial charge in [-0.15, -0.1) is 0 Å². The van der Waals surface area contributed by atoms with Crippen LogP contribution < -0.4 is 5.73 Å². The maximum atomic E-state index is 6.43. The molecule has 0 amide bonds. The highest BCUT2D eigenvalue weighted by Gasteiger charge is 2.32. The van der Waals surface area contributed by atoms with Gasteiger partial charge in [0.15, 0.2) is 0 Å². The molecule has 1 fully saturated rings. The van der Waals surface area contributed by atoms with Gasteiger partial charge in [-0.2, -0.15) is 5.10 Å². The number of nitrogens with zero attached hydrogens (tertiary/aromatic N) is 2. The van der Waals surface area contributed by atoms with E-state index in [0.717, 1.165) is 18.5 Å². The molecule has 3 nitrogen and oxygen atoms in total. The van der Waals surface area contributed by atoms with Crippen LogP contribution in [-0.4, -0.2) is 9.78 Å². The van der Waals surface area contributed by atoms with E-state index in [-0.39, 0.29) is 5.54 Å². The molecule has 78 valence electrons. The van der Waals surface area contributed by atoms with Crippen LogP contribution in [0.15, 0.2) is 6.07 Å². The molecule has 0 atom stereocenters. The van der Waals surface area contributed by atoms with Crippen molar-refractivity contribution in [2.45, 2.75) is 44.6 Å². The fourth-order valence-corrected chi connectivity index (χ4v) is 2.52. The van der Waals surface area contributed by atoms with Crippen LogP contribution in [0.4, 0.5) is 0 Å². The fourth-order valence-electron chi connectivity index (χ4n) is 2.52. The van der Waals surface area contributed by atoms with Crippen LogP contribution in [-0.2, 0) is 12.6 Å². The van der Waals surface area contributed by atoms with Crippen molar-refractivity contribution in [1.82, 2.24) is 9.78 Å². The molecular formula is C11H19N3. The van der Waals surface area contributed by atoms with Crippen molar-refractivity contribution >= 4 is 0 Å². The van der Waals surface area contributed by atoms with Crippen LogP contribution in [0.1, 0.15) is 43.5 Å². The monoisotopic (exact) mass is 193 g/mol. The number of aryl methyl sites for hydroxylation is 2. The van der Waals surface area contributed by atoms with E-state index in [0.29, 0.717) is 0 Å². The summed E-state index contributed by atoms with van der Waals surface area (Å²) >= 11 is 0. The number of nitrogens with two attached hydrogens (primary N) is 1. The summed E-state index contributed by atoms with van der Waals surface area (Å²) in [7, 11) is 1.99. The maximum Gasteiger partial charge on any atom is 0.0597 e. The molecule has 2 rings (SSSR count). The summed E-state index contributed by atoms with van der Waals surface area (Å²) in [4.78, 5) is 0. The molecule has 0 bridgehead atoms. The van der Waals surface area contributed by atoms with Crippen molar-refractivity contribution in [3.8, 4) is 0 Å². The number of aromatic nitrogens is 2. The molecule has 3 heteroatoms. The van der Waals surface area contributed by atoms with Crippen molar-refractivity contribution in [3.63, 3.8) is 0 Å². The van der Waals surface area contributed by atoms with Gasteiger partial charge >= 0.3 is 0 Å². The van der Waals surface area contributed by atoms with Gasteiger partial charge in [-0.05, 0) is 25.8 Å². The molecule has 0 aromatic carbocycles. The second-order valence-corrected chi connectivity index (χ2v) is 4.51. The minimum Gasteiger partial charge on any atom is -0.320 e. The number of rotatable bonds is 1. The Balaban J connectivity index is 2.32. The average molecular weight is 193 g/mol. The first-order valence-corrected chi connectivity index (χ1v) is 5.42. The second-order valence-electron chi connectivity index (χ2n) is 4.51. The normalized spacial score (nSPS) is 21.1. The first kappa shape index (κ1) is 9.71. The molecular weight excluding hydrogens is 174 g/mol. The summed E-state index contributed by atoms with van der Waals surface area (Å²) in [6.07, 6.45) is 6.04. The zero-order valence-corrected chi connectivity index (χ0v) is 9.08. The van der Waals surface area contributed by atoms with Crippen molar-refractivity contribution in [3.05, 3.63) is 17.5 Å². The summed E-state index contributed by atoms with van der Waals surface area (Å²) in [5.41, 5.74) is 8.59. The SMILES string of the molecule is Cc1cc(C2(N)CCCCC2)n(C)n1. The molecule has 0 spiro atoms. The molecule has 0 aliphatic heterocycles. The highest BCUT2D eigenvalue weighted by Crippen LogP contribution is 2.34. The molecule has 1 saturated carbocycles. The number of hydrogen-bond acceptors (Lipinski definition) is 2. The van der Waals surface area contributed by atoms with E-state index in [9.17, 15) is 0 Å². The van der Waals surface area contributed by atoms with Crippen LogP contribution in [0.5, 0.6) is 0 Å². The molecule has 1 aromatic rings. The summed E-state index contributed by atoms with van der Waals surface area (Å²) in [5, 5.41) is 4.37. The Morgan fingerprint density at radius 3 is 2.50 bits per heavy atom. The van der Waals surface area contributed by atoms with Gasteiger partial charge in [0.05, 0.1) is 16.9 Å². The Labute approximate surface area is 85.3 Å². The Bertz CT molecular complexity index is 321. The van der Waals surface area contributed by atoms with Gasteiger partial charge in [-0.1, -0.05) is 19.3 Å². The summed E-state index contributed by atoms with van der Waals surface area (Å²) in [6.45, 7) is 2.02. The summed E-state index contributed by atoms with van der Waals surface area (Å²) in [5.74, 6) is 0. The zero-order chi connectivity index (χ0) is 10.2. The maximum absolute atomic E-state index is 6.43. The van der Waals surface area contributed by atoms with Crippen LogP contribution >= 0.6 is 0 Å². The first-order chi connectivity index (χ1) is 6.62. The molecule has 1 heterocycles. The lowest BCUT2D eigenvalue weighted by atomic mass is 9.80. The first-order valence-electron chi connectivity index (χ1n) is 5.42. The molecule has 14 heavy (non-hydrogen) atoms. The average Bonchev–Trinajstić information content (AvgIpc) is 2.47. The smallest absolute Gasteiger partial charge is 0.0597 e. The minimum absolute atomic E-state index is 0.117. The van der Waals surface area contributed by atoms with Crippen molar-refractivity contribution in [2.75, 3.05) is 0 Å². The summed E-state index contributed by atoms with van der Waals surface area (Å²) < 4.78 is 1.95. The largest absolute Gasteiger partial charge is 0.320 e. The minimum atomic E-state index is -0.117. The number of hydrogen-bond donors (Lipinski definition) is 1. The highest BCUT2D eigenvalue weighted by atomic mass is 15.3. The molecule has 1 aromatic heterocycles. The standard InChI is InChI=1S/C11H19N3/c1-9-8-10(14(2)13-9)11(12)6-4-3-5-7-11/h8H,3-7,12H2,1-2H3. The second kappa shape index (κ2) is 3.39. The third-order valence-corrected chi connectivity index (χ3v) is 3.26.